The highest BCUT2D eigenvalue weighted by atomic mass is 16.5. The van der Waals surface area contributed by atoms with Crippen molar-refractivity contribution in [1.82, 2.24) is 0 Å². The van der Waals surface area contributed by atoms with E-state index in [4.69, 9.17) is 4.74 Å². The molecule has 0 heterocycles. The summed E-state index contributed by atoms with van der Waals surface area (Å²) < 4.78 is 5.34. The second-order valence-corrected chi connectivity index (χ2v) is 5.30. The monoisotopic (exact) mass is 266 g/mol. The van der Waals surface area contributed by atoms with Crippen LogP contribution in [-0.2, 0) is 16.1 Å². The SMILES string of the molecule is O=C(OCc1ccc(-c2ccccc2)cc1)C1CCC1. The van der Waals surface area contributed by atoms with Crippen LogP contribution in [0.5, 0.6) is 0 Å². The third kappa shape index (κ3) is 2.90. The Hall–Kier alpha value is -2.09. The van der Waals surface area contributed by atoms with Gasteiger partial charge in [0.15, 0.2) is 0 Å². The van der Waals surface area contributed by atoms with E-state index in [2.05, 4.69) is 24.3 Å². The number of hydrogen-bond donors (Lipinski definition) is 0. The largest absolute Gasteiger partial charge is 0.461 e. The van der Waals surface area contributed by atoms with Crippen LogP contribution in [0.25, 0.3) is 11.1 Å². The van der Waals surface area contributed by atoms with Crippen molar-refractivity contribution in [3.05, 3.63) is 60.2 Å². The van der Waals surface area contributed by atoms with Gasteiger partial charge in [-0.15, -0.1) is 0 Å². The molecular formula is C18H18O2. The summed E-state index contributed by atoms with van der Waals surface area (Å²) in [6.07, 6.45) is 3.14. The highest BCUT2D eigenvalue weighted by molar-refractivity contribution is 5.73. The summed E-state index contributed by atoms with van der Waals surface area (Å²) in [6, 6.07) is 18.4. The molecule has 0 N–H and O–H groups in total. The molecule has 2 aromatic carbocycles. The van der Waals surface area contributed by atoms with Gasteiger partial charge in [0.05, 0.1) is 5.92 Å². The summed E-state index contributed by atoms with van der Waals surface area (Å²) >= 11 is 0. The van der Waals surface area contributed by atoms with Crippen molar-refractivity contribution in [2.75, 3.05) is 0 Å². The van der Waals surface area contributed by atoms with Crippen LogP contribution in [0.3, 0.4) is 0 Å². The number of hydrogen-bond acceptors (Lipinski definition) is 2. The van der Waals surface area contributed by atoms with Crippen molar-refractivity contribution in [3.8, 4) is 11.1 Å². The summed E-state index contributed by atoms with van der Waals surface area (Å²) in [5, 5.41) is 0. The van der Waals surface area contributed by atoms with Gasteiger partial charge in [-0.1, -0.05) is 61.0 Å². The van der Waals surface area contributed by atoms with Crippen molar-refractivity contribution in [2.24, 2.45) is 5.92 Å². The first-order chi connectivity index (χ1) is 9.83. The first-order valence-electron chi connectivity index (χ1n) is 7.14. The molecule has 1 fully saturated rings. The van der Waals surface area contributed by atoms with Crippen LogP contribution in [0.1, 0.15) is 24.8 Å². The van der Waals surface area contributed by atoms with E-state index >= 15 is 0 Å². The molecule has 2 heteroatoms. The van der Waals surface area contributed by atoms with Gasteiger partial charge in [0.25, 0.3) is 0 Å². The fraction of sp³-hybridized carbons (Fsp3) is 0.278. The molecule has 20 heavy (non-hydrogen) atoms. The highest BCUT2D eigenvalue weighted by Crippen LogP contribution is 2.27. The predicted octanol–water partition coefficient (Wildman–Crippen LogP) is 4.20. The fourth-order valence-corrected chi connectivity index (χ4v) is 2.34. The molecule has 0 unspecified atom stereocenters. The van der Waals surface area contributed by atoms with Crippen LogP contribution >= 0.6 is 0 Å². The number of benzene rings is 2. The maximum absolute atomic E-state index is 11.7. The van der Waals surface area contributed by atoms with E-state index in [9.17, 15) is 4.79 Å². The molecule has 0 radical (unpaired) electrons. The molecule has 102 valence electrons. The third-order valence-corrected chi connectivity index (χ3v) is 3.88. The Bertz CT molecular complexity index is 568. The van der Waals surface area contributed by atoms with Crippen molar-refractivity contribution in [1.29, 1.82) is 0 Å². The van der Waals surface area contributed by atoms with E-state index in [1.807, 2.05) is 30.3 Å². The standard InChI is InChI=1S/C18H18O2/c19-18(17-7-4-8-17)20-13-14-9-11-16(12-10-14)15-5-2-1-3-6-15/h1-3,5-6,9-12,17H,4,7-8,13H2. The molecule has 0 aromatic heterocycles. The van der Waals surface area contributed by atoms with Gasteiger partial charge in [-0.25, -0.2) is 0 Å². The topological polar surface area (TPSA) is 26.3 Å². The van der Waals surface area contributed by atoms with Crippen molar-refractivity contribution in [3.63, 3.8) is 0 Å². The number of rotatable bonds is 4. The lowest BCUT2D eigenvalue weighted by molar-refractivity contribution is -0.152. The molecule has 3 rings (SSSR count). The maximum Gasteiger partial charge on any atom is 0.309 e. The number of ether oxygens (including phenoxy) is 1. The quantitative estimate of drug-likeness (QED) is 0.775. The average Bonchev–Trinajstić information content (AvgIpc) is 2.45. The van der Waals surface area contributed by atoms with Crippen LogP contribution in [0.4, 0.5) is 0 Å². The van der Waals surface area contributed by atoms with Crippen LogP contribution in [0.15, 0.2) is 54.6 Å². The summed E-state index contributed by atoms with van der Waals surface area (Å²) in [7, 11) is 0. The van der Waals surface area contributed by atoms with Crippen molar-refractivity contribution < 1.29 is 9.53 Å². The van der Waals surface area contributed by atoms with Crippen LogP contribution in [-0.4, -0.2) is 5.97 Å². The van der Waals surface area contributed by atoms with Gasteiger partial charge in [0.2, 0.25) is 0 Å². The molecule has 0 atom stereocenters. The Morgan fingerprint density at radius 3 is 2.20 bits per heavy atom. The van der Waals surface area contributed by atoms with Gasteiger partial charge >= 0.3 is 5.97 Å². The maximum atomic E-state index is 11.7. The summed E-state index contributed by atoms with van der Waals surface area (Å²) in [5.74, 6) is 0.113. The second-order valence-electron chi connectivity index (χ2n) is 5.30. The number of carbonyl (C=O) groups excluding carboxylic acids is 1. The second kappa shape index (κ2) is 5.91. The van der Waals surface area contributed by atoms with Crippen molar-refractivity contribution in [2.45, 2.75) is 25.9 Å². The first kappa shape index (κ1) is 12.9. The van der Waals surface area contributed by atoms with Gasteiger partial charge in [0.1, 0.15) is 6.61 Å². The minimum atomic E-state index is -0.0385. The van der Waals surface area contributed by atoms with E-state index in [1.54, 1.807) is 0 Å². The predicted molar refractivity (Wildman–Crippen MR) is 79.0 cm³/mol. The average molecular weight is 266 g/mol. The zero-order valence-electron chi connectivity index (χ0n) is 11.4. The molecule has 0 saturated heterocycles. The van der Waals surface area contributed by atoms with Gasteiger partial charge in [0, 0.05) is 0 Å². The van der Waals surface area contributed by atoms with E-state index in [0.29, 0.717) is 6.61 Å². The molecule has 0 spiro atoms. The van der Waals surface area contributed by atoms with E-state index in [-0.39, 0.29) is 11.9 Å². The smallest absolute Gasteiger partial charge is 0.309 e. The molecule has 1 aliphatic rings. The molecule has 0 amide bonds. The Labute approximate surface area is 119 Å². The lowest BCUT2D eigenvalue weighted by Gasteiger charge is -2.23. The molecule has 1 aliphatic carbocycles. The van der Waals surface area contributed by atoms with Crippen LogP contribution in [0.2, 0.25) is 0 Å². The van der Waals surface area contributed by atoms with Gasteiger partial charge in [-0.2, -0.15) is 0 Å². The molecular weight excluding hydrogens is 248 g/mol. The molecule has 2 aromatic rings. The van der Waals surface area contributed by atoms with Crippen LogP contribution < -0.4 is 0 Å². The molecule has 2 nitrogen and oxygen atoms in total. The summed E-state index contributed by atoms with van der Waals surface area (Å²) in [6.45, 7) is 0.379. The van der Waals surface area contributed by atoms with Crippen LogP contribution in [0, 0.1) is 5.92 Å². The Morgan fingerprint density at radius 1 is 0.950 bits per heavy atom. The zero-order chi connectivity index (χ0) is 13.8. The molecule has 0 aliphatic heterocycles. The van der Waals surface area contributed by atoms with Crippen molar-refractivity contribution >= 4 is 5.97 Å². The number of carbonyl (C=O) groups is 1. The van der Waals surface area contributed by atoms with Gasteiger partial charge in [-0.05, 0) is 29.5 Å². The first-order valence-corrected chi connectivity index (χ1v) is 7.14. The Balaban J connectivity index is 1.60. The Kier molecular flexibility index (Phi) is 3.82. The normalized spacial score (nSPS) is 14.6. The molecule has 1 saturated carbocycles. The summed E-state index contributed by atoms with van der Waals surface area (Å²) in [5.41, 5.74) is 3.42. The summed E-state index contributed by atoms with van der Waals surface area (Å²) in [4.78, 5) is 11.7. The van der Waals surface area contributed by atoms with E-state index in [1.165, 1.54) is 11.1 Å². The highest BCUT2D eigenvalue weighted by Gasteiger charge is 2.26. The number of esters is 1. The fourth-order valence-electron chi connectivity index (χ4n) is 2.34. The lowest BCUT2D eigenvalue weighted by atomic mass is 9.86. The minimum Gasteiger partial charge on any atom is -0.461 e. The lowest BCUT2D eigenvalue weighted by Crippen LogP contribution is -2.23. The van der Waals surface area contributed by atoms with Gasteiger partial charge < -0.3 is 4.74 Å². The minimum absolute atomic E-state index is 0.0385. The van der Waals surface area contributed by atoms with E-state index in [0.717, 1.165) is 24.8 Å². The third-order valence-electron chi connectivity index (χ3n) is 3.88. The molecule has 0 bridgehead atoms. The Morgan fingerprint density at radius 2 is 1.60 bits per heavy atom. The zero-order valence-corrected chi connectivity index (χ0v) is 11.4. The van der Waals surface area contributed by atoms with E-state index < -0.39 is 0 Å². The van der Waals surface area contributed by atoms with Gasteiger partial charge in [-0.3, -0.25) is 4.79 Å².